The van der Waals surface area contributed by atoms with Crippen molar-refractivity contribution >= 4 is 33.2 Å². The first-order valence-corrected chi connectivity index (χ1v) is 8.59. The molecule has 0 spiro atoms. The molecule has 0 aliphatic rings. The minimum absolute atomic E-state index is 0.0809. The Labute approximate surface area is 130 Å². The number of sulfonamides is 1. The molecule has 0 atom stereocenters. The molecule has 3 N–H and O–H groups in total. The number of hydrogen-bond donors (Lipinski definition) is 3. The van der Waals surface area contributed by atoms with Crippen molar-refractivity contribution in [3.8, 4) is 0 Å². The second-order valence-electron chi connectivity index (χ2n) is 5.42. The van der Waals surface area contributed by atoms with Crippen molar-refractivity contribution in [2.75, 3.05) is 24.7 Å². The number of halogens is 1. The van der Waals surface area contributed by atoms with Gasteiger partial charge in [0.2, 0.25) is 15.9 Å². The molecule has 1 amide bonds. The Morgan fingerprint density at radius 1 is 1.24 bits per heavy atom. The molecule has 0 saturated carbocycles. The van der Waals surface area contributed by atoms with Gasteiger partial charge in [-0.05, 0) is 38.1 Å². The van der Waals surface area contributed by atoms with Gasteiger partial charge in [-0.15, -0.1) is 0 Å². The molecule has 0 aliphatic heterocycles. The topological polar surface area (TPSA) is 87.3 Å². The lowest BCUT2D eigenvalue weighted by Crippen LogP contribution is -2.50. The van der Waals surface area contributed by atoms with Gasteiger partial charge in [-0.25, -0.2) is 13.1 Å². The summed E-state index contributed by atoms with van der Waals surface area (Å²) in [5, 5.41) is 6.22. The fourth-order valence-corrected chi connectivity index (χ4v) is 2.97. The number of carbonyl (C=O) groups excluding carboxylic acids is 1. The molecule has 21 heavy (non-hydrogen) atoms. The molecular formula is C13H20ClN3O3S. The van der Waals surface area contributed by atoms with Crippen LogP contribution in [0.5, 0.6) is 0 Å². The molecule has 0 saturated heterocycles. The first-order chi connectivity index (χ1) is 9.57. The summed E-state index contributed by atoms with van der Waals surface area (Å²) in [6.07, 6.45) is 1.10. The molecule has 0 fully saturated rings. The second-order valence-corrected chi connectivity index (χ2v) is 7.60. The van der Waals surface area contributed by atoms with Crippen LogP contribution in [0.2, 0.25) is 5.02 Å². The molecule has 0 unspecified atom stereocenters. The number of anilines is 1. The van der Waals surface area contributed by atoms with Crippen LogP contribution in [-0.2, 0) is 14.8 Å². The summed E-state index contributed by atoms with van der Waals surface area (Å²) in [7, 11) is -3.29. The van der Waals surface area contributed by atoms with Gasteiger partial charge >= 0.3 is 0 Å². The average Bonchev–Trinajstić information content (AvgIpc) is 2.28. The monoisotopic (exact) mass is 333 g/mol. The van der Waals surface area contributed by atoms with E-state index in [-0.39, 0.29) is 12.5 Å². The Bertz CT molecular complexity index is 585. The van der Waals surface area contributed by atoms with Gasteiger partial charge < -0.3 is 10.6 Å². The van der Waals surface area contributed by atoms with Crippen LogP contribution in [0.15, 0.2) is 24.3 Å². The van der Waals surface area contributed by atoms with Crippen LogP contribution in [0.4, 0.5) is 5.69 Å². The van der Waals surface area contributed by atoms with Crippen molar-refractivity contribution in [3.05, 3.63) is 29.3 Å². The summed E-state index contributed by atoms with van der Waals surface area (Å²) < 4.78 is 24.9. The second kappa shape index (κ2) is 7.22. The molecule has 1 rings (SSSR count). The van der Waals surface area contributed by atoms with Crippen LogP contribution >= 0.6 is 11.6 Å². The van der Waals surface area contributed by atoms with Crippen molar-refractivity contribution in [2.45, 2.75) is 19.4 Å². The quantitative estimate of drug-likeness (QED) is 0.699. The number of carbonyl (C=O) groups is 1. The minimum atomic E-state index is -3.29. The molecule has 0 heterocycles. The average molecular weight is 334 g/mol. The van der Waals surface area contributed by atoms with Gasteiger partial charge in [0.05, 0.1) is 12.8 Å². The molecule has 8 heteroatoms. The zero-order valence-corrected chi connectivity index (χ0v) is 13.8. The van der Waals surface area contributed by atoms with Crippen LogP contribution in [0.1, 0.15) is 13.8 Å². The van der Waals surface area contributed by atoms with Crippen molar-refractivity contribution < 1.29 is 13.2 Å². The summed E-state index contributed by atoms with van der Waals surface area (Å²) >= 11 is 5.75. The Hall–Kier alpha value is -1.15. The first kappa shape index (κ1) is 17.9. The maximum Gasteiger partial charge on any atom is 0.238 e. The Morgan fingerprint density at radius 2 is 1.81 bits per heavy atom. The highest BCUT2D eigenvalue weighted by atomic mass is 35.5. The fraction of sp³-hybridized carbons (Fsp3) is 0.462. The first-order valence-electron chi connectivity index (χ1n) is 6.32. The zero-order valence-electron chi connectivity index (χ0n) is 12.2. The third-order valence-corrected chi connectivity index (χ3v) is 3.62. The van der Waals surface area contributed by atoms with Gasteiger partial charge in [0.15, 0.2) is 0 Å². The van der Waals surface area contributed by atoms with E-state index in [0.717, 1.165) is 6.26 Å². The van der Waals surface area contributed by atoms with E-state index in [9.17, 15) is 13.2 Å². The van der Waals surface area contributed by atoms with Crippen molar-refractivity contribution in [3.63, 3.8) is 0 Å². The van der Waals surface area contributed by atoms with E-state index in [1.807, 2.05) is 0 Å². The molecule has 6 nitrogen and oxygen atoms in total. The summed E-state index contributed by atoms with van der Waals surface area (Å²) in [5.41, 5.74) is -0.0200. The number of amides is 1. The van der Waals surface area contributed by atoms with Gasteiger partial charge in [-0.1, -0.05) is 11.6 Å². The molecule has 0 radical (unpaired) electrons. The van der Waals surface area contributed by atoms with Gasteiger partial charge in [-0.3, -0.25) is 4.79 Å². The SMILES string of the molecule is CC(C)(CNCC(=O)Nc1ccc(Cl)cc1)NS(C)(=O)=O. The highest BCUT2D eigenvalue weighted by Gasteiger charge is 2.21. The van der Waals surface area contributed by atoms with Crippen molar-refractivity contribution in [2.24, 2.45) is 0 Å². The molecule has 0 bridgehead atoms. The van der Waals surface area contributed by atoms with E-state index in [4.69, 9.17) is 11.6 Å². The highest BCUT2D eigenvalue weighted by molar-refractivity contribution is 7.88. The summed E-state index contributed by atoms with van der Waals surface area (Å²) in [4.78, 5) is 11.7. The summed E-state index contributed by atoms with van der Waals surface area (Å²) in [5.74, 6) is -0.215. The van der Waals surface area contributed by atoms with Crippen LogP contribution in [0, 0.1) is 0 Å². The fourth-order valence-electron chi connectivity index (χ4n) is 1.76. The molecule has 118 valence electrons. The minimum Gasteiger partial charge on any atom is -0.325 e. The standard InChI is InChI=1S/C13H20ClN3O3S/c1-13(2,17-21(3,19)20)9-15-8-12(18)16-11-6-4-10(14)5-7-11/h4-7,15,17H,8-9H2,1-3H3,(H,16,18). The normalized spacial score (nSPS) is 12.2. The lowest BCUT2D eigenvalue weighted by molar-refractivity contribution is -0.115. The summed E-state index contributed by atoms with van der Waals surface area (Å²) in [6, 6.07) is 6.78. The number of benzene rings is 1. The van der Waals surface area contributed by atoms with Gasteiger partial charge in [0, 0.05) is 22.8 Å². The van der Waals surface area contributed by atoms with E-state index < -0.39 is 15.6 Å². The molecule has 1 aromatic rings. The van der Waals surface area contributed by atoms with Crippen molar-refractivity contribution in [1.29, 1.82) is 0 Å². The van der Waals surface area contributed by atoms with Crippen molar-refractivity contribution in [1.82, 2.24) is 10.0 Å². The lowest BCUT2D eigenvalue weighted by atomic mass is 10.1. The smallest absolute Gasteiger partial charge is 0.238 e. The van der Waals surface area contributed by atoms with Crippen LogP contribution in [0.3, 0.4) is 0 Å². The maximum atomic E-state index is 11.7. The maximum absolute atomic E-state index is 11.7. The van der Waals surface area contributed by atoms with Gasteiger partial charge in [0.25, 0.3) is 0 Å². The van der Waals surface area contributed by atoms with Crippen LogP contribution in [0.25, 0.3) is 0 Å². The van der Waals surface area contributed by atoms with E-state index in [1.165, 1.54) is 0 Å². The van der Waals surface area contributed by atoms with Crippen LogP contribution in [-0.4, -0.2) is 39.2 Å². The molecule has 0 aliphatic carbocycles. The predicted octanol–water partition coefficient (Wildman–Crippen LogP) is 1.20. The lowest BCUT2D eigenvalue weighted by Gasteiger charge is -2.25. The zero-order chi connectivity index (χ0) is 16.1. The van der Waals surface area contributed by atoms with Gasteiger partial charge in [-0.2, -0.15) is 0 Å². The van der Waals surface area contributed by atoms with Crippen LogP contribution < -0.4 is 15.4 Å². The molecule has 1 aromatic carbocycles. The van der Waals surface area contributed by atoms with E-state index in [1.54, 1.807) is 38.1 Å². The largest absolute Gasteiger partial charge is 0.325 e. The van der Waals surface area contributed by atoms with Gasteiger partial charge in [0.1, 0.15) is 0 Å². The molecule has 0 aromatic heterocycles. The third kappa shape index (κ3) is 8.01. The number of hydrogen-bond acceptors (Lipinski definition) is 4. The Balaban J connectivity index is 2.38. The Kier molecular flexibility index (Phi) is 6.15. The summed E-state index contributed by atoms with van der Waals surface area (Å²) in [6.45, 7) is 3.88. The Morgan fingerprint density at radius 3 is 2.33 bits per heavy atom. The molecular weight excluding hydrogens is 314 g/mol. The third-order valence-electron chi connectivity index (χ3n) is 2.44. The van der Waals surface area contributed by atoms with E-state index in [2.05, 4.69) is 15.4 Å². The van der Waals surface area contributed by atoms with E-state index in [0.29, 0.717) is 17.3 Å². The highest BCUT2D eigenvalue weighted by Crippen LogP contribution is 2.13. The number of nitrogens with one attached hydrogen (secondary N) is 3. The number of rotatable bonds is 7. The predicted molar refractivity (Wildman–Crippen MR) is 85.0 cm³/mol. The van der Waals surface area contributed by atoms with E-state index >= 15 is 0 Å².